The van der Waals surface area contributed by atoms with Gasteiger partial charge in [-0.1, -0.05) is 18.2 Å². The Kier molecular flexibility index (Phi) is 3.98. The van der Waals surface area contributed by atoms with Crippen LogP contribution in [-0.4, -0.2) is 38.7 Å². The first-order valence-corrected chi connectivity index (χ1v) is 7.25. The minimum absolute atomic E-state index is 0.731. The molecule has 19 heavy (non-hydrogen) atoms. The van der Waals surface area contributed by atoms with E-state index in [9.17, 15) is 0 Å². The standard InChI is InChI=1S/C15H22N4/c1-2-6-14(7-3-1)19-10-9-17-15(19)18-12-13-5-4-8-16-11-13/h1-3,6-7,13,16H,4-5,8-12H2,(H,17,18). The van der Waals surface area contributed by atoms with Crippen LogP contribution in [-0.2, 0) is 0 Å². The van der Waals surface area contributed by atoms with Crippen molar-refractivity contribution >= 4 is 11.6 Å². The van der Waals surface area contributed by atoms with E-state index in [0.29, 0.717) is 0 Å². The third-order valence-electron chi connectivity index (χ3n) is 3.86. The van der Waals surface area contributed by atoms with E-state index >= 15 is 0 Å². The van der Waals surface area contributed by atoms with Gasteiger partial charge in [-0.2, -0.15) is 0 Å². The smallest absolute Gasteiger partial charge is 0.198 e. The van der Waals surface area contributed by atoms with Crippen LogP contribution < -0.4 is 15.5 Å². The molecule has 0 bridgehead atoms. The van der Waals surface area contributed by atoms with E-state index in [-0.39, 0.29) is 0 Å². The van der Waals surface area contributed by atoms with Gasteiger partial charge in [0.1, 0.15) is 0 Å². The summed E-state index contributed by atoms with van der Waals surface area (Å²) in [6.07, 6.45) is 2.61. The molecule has 2 N–H and O–H groups in total. The van der Waals surface area contributed by atoms with Gasteiger partial charge in [0.05, 0.1) is 6.54 Å². The third-order valence-corrected chi connectivity index (χ3v) is 3.86. The van der Waals surface area contributed by atoms with Gasteiger partial charge in [0.25, 0.3) is 0 Å². The molecule has 1 unspecified atom stereocenters. The van der Waals surface area contributed by atoms with Crippen molar-refractivity contribution in [2.75, 3.05) is 37.6 Å². The fraction of sp³-hybridized carbons (Fsp3) is 0.533. The zero-order chi connectivity index (χ0) is 12.9. The topological polar surface area (TPSA) is 39.7 Å². The molecule has 1 saturated heterocycles. The number of hydrogen-bond acceptors (Lipinski definition) is 4. The van der Waals surface area contributed by atoms with Gasteiger partial charge in [-0.15, -0.1) is 0 Å². The van der Waals surface area contributed by atoms with Crippen LogP contribution in [0.4, 0.5) is 5.69 Å². The molecule has 0 amide bonds. The Morgan fingerprint density at radius 1 is 1.32 bits per heavy atom. The minimum Gasteiger partial charge on any atom is -0.356 e. The van der Waals surface area contributed by atoms with E-state index in [2.05, 4.69) is 50.9 Å². The summed E-state index contributed by atoms with van der Waals surface area (Å²) in [5, 5.41) is 7.00. The predicted octanol–water partition coefficient (Wildman–Crippen LogP) is 1.45. The largest absolute Gasteiger partial charge is 0.356 e. The number of piperidine rings is 1. The molecule has 102 valence electrons. The van der Waals surface area contributed by atoms with E-state index in [1.54, 1.807) is 0 Å². The van der Waals surface area contributed by atoms with Crippen molar-refractivity contribution in [1.29, 1.82) is 0 Å². The summed E-state index contributed by atoms with van der Waals surface area (Å²) in [5.74, 6) is 1.77. The zero-order valence-electron chi connectivity index (χ0n) is 11.3. The molecule has 0 aliphatic carbocycles. The Hall–Kier alpha value is -1.55. The Bertz CT molecular complexity index is 423. The van der Waals surface area contributed by atoms with Crippen molar-refractivity contribution in [3.05, 3.63) is 30.3 Å². The SMILES string of the molecule is c1ccc(N2CCN=C2NCC2CCCNC2)cc1. The lowest BCUT2D eigenvalue weighted by Crippen LogP contribution is -2.43. The predicted molar refractivity (Wildman–Crippen MR) is 79.7 cm³/mol. The van der Waals surface area contributed by atoms with E-state index in [0.717, 1.165) is 38.1 Å². The number of benzene rings is 1. The highest BCUT2D eigenvalue weighted by atomic mass is 15.3. The normalized spacial score (nSPS) is 23.3. The van der Waals surface area contributed by atoms with Crippen molar-refractivity contribution in [3.63, 3.8) is 0 Å². The summed E-state index contributed by atoms with van der Waals surface area (Å²) < 4.78 is 0. The van der Waals surface area contributed by atoms with Gasteiger partial charge >= 0.3 is 0 Å². The first-order valence-electron chi connectivity index (χ1n) is 7.25. The maximum Gasteiger partial charge on any atom is 0.198 e. The number of para-hydroxylation sites is 1. The van der Waals surface area contributed by atoms with Gasteiger partial charge in [-0.25, -0.2) is 0 Å². The molecule has 1 atom stereocenters. The molecule has 1 fully saturated rings. The molecule has 2 aliphatic rings. The summed E-state index contributed by atoms with van der Waals surface area (Å²) in [6.45, 7) is 5.20. The summed E-state index contributed by atoms with van der Waals surface area (Å²) >= 11 is 0. The third kappa shape index (κ3) is 3.07. The molecular formula is C15H22N4. The first-order chi connectivity index (χ1) is 9.43. The van der Waals surface area contributed by atoms with Crippen LogP contribution in [0.25, 0.3) is 0 Å². The minimum atomic E-state index is 0.731. The molecule has 2 aliphatic heterocycles. The highest BCUT2D eigenvalue weighted by Gasteiger charge is 2.20. The molecule has 0 aromatic heterocycles. The van der Waals surface area contributed by atoms with Crippen molar-refractivity contribution in [1.82, 2.24) is 10.6 Å². The molecule has 0 radical (unpaired) electrons. The van der Waals surface area contributed by atoms with Gasteiger partial charge < -0.3 is 15.5 Å². The molecule has 2 heterocycles. The van der Waals surface area contributed by atoms with Crippen LogP contribution in [0.1, 0.15) is 12.8 Å². The second kappa shape index (κ2) is 6.06. The van der Waals surface area contributed by atoms with E-state index in [1.165, 1.54) is 25.1 Å². The summed E-state index contributed by atoms with van der Waals surface area (Å²) in [7, 11) is 0. The Labute approximate surface area is 114 Å². The first kappa shape index (κ1) is 12.5. The van der Waals surface area contributed by atoms with Crippen molar-refractivity contribution in [2.24, 2.45) is 10.9 Å². The van der Waals surface area contributed by atoms with Gasteiger partial charge in [0, 0.05) is 18.8 Å². The number of rotatable bonds is 3. The molecular weight excluding hydrogens is 236 g/mol. The van der Waals surface area contributed by atoms with Crippen molar-refractivity contribution in [3.8, 4) is 0 Å². The highest BCUT2D eigenvalue weighted by molar-refractivity contribution is 5.97. The fourth-order valence-electron chi connectivity index (χ4n) is 2.79. The van der Waals surface area contributed by atoms with Crippen LogP contribution >= 0.6 is 0 Å². The van der Waals surface area contributed by atoms with E-state index in [4.69, 9.17) is 0 Å². The van der Waals surface area contributed by atoms with Crippen molar-refractivity contribution < 1.29 is 0 Å². The number of anilines is 1. The van der Waals surface area contributed by atoms with Crippen LogP contribution in [0.15, 0.2) is 35.3 Å². The van der Waals surface area contributed by atoms with Gasteiger partial charge in [0.15, 0.2) is 5.96 Å². The lowest BCUT2D eigenvalue weighted by atomic mass is 10.00. The Morgan fingerprint density at radius 2 is 2.21 bits per heavy atom. The Balaban J connectivity index is 1.57. The van der Waals surface area contributed by atoms with Crippen LogP contribution in [0.2, 0.25) is 0 Å². The van der Waals surface area contributed by atoms with Gasteiger partial charge in [-0.3, -0.25) is 4.99 Å². The number of aliphatic imine (C=N–C) groups is 1. The molecule has 4 nitrogen and oxygen atoms in total. The lowest BCUT2D eigenvalue weighted by Gasteiger charge is -2.26. The Morgan fingerprint density at radius 3 is 3.00 bits per heavy atom. The molecule has 3 rings (SSSR count). The fourth-order valence-corrected chi connectivity index (χ4v) is 2.79. The highest BCUT2D eigenvalue weighted by Crippen LogP contribution is 2.16. The number of nitrogens with one attached hydrogen (secondary N) is 2. The summed E-state index contributed by atoms with van der Waals surface area (Å²) in [5.41, 5.74) is 1.23. The van der Waals surface area contributed by atoms with Gasteiger partial charge in [-0.05, 0) is 44.0 Å². The summed E-state index contributed by atoms with van der Waals surface area (Å²) in [4.78, 5) is 6.86. The maximum atomic E-state index is 4.59. The molecule has 1 aromatic carbocycles. The zero-order valence-corrected chi connectivity index (χ0v) is 11.3. The molecule has 0 spiro atoms. The van der Waals surface area contributed by atoms with Crippen molar-refractivity contribution in [2.45, 2.75) is 12.8 Å². The van der Waals surface area contributed by atoms with Crippen LogP contribution in [0.3, 0.4) is 0 Å². The average molecular weight is 258 g/mol. The monoisotopic (exact) mass is 258 g/mol. The average Bonchev–Trinajstić information content (AvgIpc) is 2.95. The number of hydrogen-bond donors (Lipinski definition) is 2. The molecule has 1 aromatic rings. The second-order valence-electron chi connectivity index (χ2n) is 5.29. The van der Waals surface area contributed by atoms with E-state index in [1.807, 2.05) is 0 Å². The van der Waals surface area contributed by atoms with Crippen LogP contribution in [0, 0.1) is 5.92 Å². The summed E-state index contributed by atoms with van der Waals surface area (Å²) in [6, 6.07) is 10.5. The quantitative estimate of drug-likeness (QED) is 0.862. The number of nitrogens with zero attached hydrogens (tertiary/aromatic N) is 2. The lowest BCUT2D eigenvalue weighted by molar-refractivity contribution is 0.375. The van der Waals surface area contributed by atoms with Crippen LogP contribution in [0.5, 0.6) is 0 Å². The molecule has 4 heteroatoms. The maximum absolute atomic E-state index is 4.59. The second-order valence-corrected chi connectivity index (χ2v) is 5.29. The molecule has 0 saturated carbocycles. The number of guanidine groups is 1. The van der Waals surface area contributed by atoms with Gasteiger partial charge in [0.2, 0.25) is 0 Å². The van der Waals surface area contributed by atoms with E-state index < -0.39 is 0 Å².